The topological polar surface area (TPSA) is 126 Å². The van der Waals surface area contributed by atoms with Crippen LogP contribution in [0.5, 0.6) is 0 Å². The van der Waals surface area contributed by atoms with Crippen LogP contribution in [0, 0.1) is 0 Å². The molecule has 3 N–H and O–H groups in total. The fourth-order valence-corrected chi connectivity index (χ4v) is 3.78. The molecule has 0 unspecified atom stereocenters. The SMILES string of the molecule is Cn1c(CNC(=O)c2ccccc2Br)nnc1SCC(=O)Nc1cccc(C(=O)O)c1. The first kappa shape index (κ1) is 22.5. The highest BCUT2D eigenvalue weighted by Gasteiger charge is 2.14. The Kier molecular flexibility index (Phi) is 7.42. The first-order valence-corrected chi connectivity index (χ1v) is 10.8. The van der Waals surface area contributed by atoms with Gasteiger partial charge >= 0.3 is 5.97 Å². The largest absolute Gasteiger partial charge is 0.478 e. The van der Waals surface area contributed by atoms with Crippen LogP contribution in [0.25, 0.3) is 0 Å². The van der Waals surface area contributed by atoms with Gasteiger partial charge in [-0.05, 0) is 46.3 Å². The van der Waals surface area contributed by atoms with Gasteiger partial charge in [0.2, 0.25) is 5.91 Å². The number of hydrogen-bond donors (Lipinski definition) is 3. The van der Waals surface area contributed by atoms with Crippen LogP contribution in [-0.2, 0) is 18.4 Å². The number of aromatic carboxylic acids is 1. The minimum absolute atomic E-state index is 0.0621. The first-order chi connectivity index (χ1) is 14.8. The third kappa shape index (κ3) is 5.92. The van der Waals surface area contributed by atoms with E-state index in [1.54, 1.807) is 41.9 Å². The van der Waals surface area contributed by atoms with E-state index in [-0.39, 0.29) is 29.7 Å². The van der Waals surface area contributed by atoms with E-state index in [1.807, 2.05) is 6.07 Å². The second-order valence-corrected chi connectivity index (χ2v) is 8.14. The molecule has 1 heterocycles. The molecule has 0 aliphatic rings. The second-order valence-electron chi connectivity index (χ2n) is 6.34. The molecular weight excluding hydrogens is 486 g/mol. The van der Waals surface area contributed by atoms with Crippen molar-refractivity contribution in [2.24, 2.45) is 7.05 Å². The van der Waals surface area contributed by atoms with Crippen LogP contribution >= 0.6 is 27.7 Å². The van der Waals surface area contributed by atoms with Crippen LogP contribution in [0.3, 0.4) is 0 Å². The Balaban J connectivity index is 1.54. The minimum Gasteiger partial charge on any atom is -0.478 e. The van der Waals surface area contributed by atoms with Gasteiger partial charge in [-0.15, -0.1) is 10.2 Å². The molecule has 0 saturated heterocycles. The molecule has 2 amide bonds. The van der Waals surface area contributed by atoms with Gasteiger partial charge in [-0.25, -0.2) is 4.79 Å². The molecule has 11 heteroatoms. The number of amides is 2. The Hall–Kier alpha value is -3.18. The van der Waals surface area contributed by atoms with Crippen molar-refractivity contribution in [2.45, 2.75) is 11.7 Å². The predicted octanol–water partition coefficient (Wildman–Crippen LogP) is 2.94. The smallest absolute Gasteiger partial charge is 0.335 e. The number of carboxylic acid groups (broad SMARTS) is 1. The first-order valence-electron chi connectivity index (χ1n) is 9.02. The summed E-state index contributed by atoms with van der Waals surface area (Å²) in [5.74, 6) is -1.01. The quantitative estimate of drug-likeness (QED) is 0.403. The average molecular weight is 504 g/mol. The molecule has 0 aliphatic carbocycles. The molecular formula is C20H18BrN5O4S. The number of carboxylic acids is 1. The van der Waals surface area contributed by atoms with Gasteiger partial charge in [0.15, 0.2) is 11.0 Å². The normalized spacial score (nSPS) is 10.5. The Morgan fingerprint density at radius 2 is 1.90 bits per heavy atom. The van der Waals surface area contributed by atoms with Crippen LogP contribution in [0.15, 0.2) is 58.2 Å². The molecule has 9 nitrogen and oxygen atoms in total. The monoisotopic (exact) mass is 503 g/mol. The summed E-state index contributed by atoms with van der Waals surface area (Å²) >= 11 is 4.53. The van der Waals surface area contributed by atoms with Gasteiger partial charge < -0.3 is 20.3 Å². The van der Waals surface area contributed by atoms with Crippen molar-refractivity contribution < 1.29 is 19.5 Å². The predicted molar refractivity (Wildman–Crippen MR) is 119 cm³/mol. The van der Waals surface area contributed by atoms with E-state index in [0.717, 1.165) is 0 Å². The Morgan fingerprint density at radius 1 is 1.13 bits per heavy atom. The molecule has 160 valence electrons. The summed E-state index contributed by atoms with van der Waals surface area (Å²) < 4.78 is 2.39. The minimum atomic E-state index is -1.07. The van der Waals surface area contributed by atoms with E-state index in [9.17, 15) is 14.4 Å². The number of nitrogens with one attached hydrogen (secondary N) is 2. The number of rotatable bonds is 8. The van der Waals surface area contributed by atoms with E-state index in [0.29, 0.717) is 26.7 Å². The van der Waals surface area contributed by atoms with Crippen molar-refractivity contribution in [2.75, 3.05) is 11.1 Å². The van der Waals surface area contributed by atoms with Gasteiger partial charge in [-0.1, -0.05) is 30.0 Å². The number of carbonyl (C=O) groups is 3. The molecule has 0 aliphatic heterocycles. The van der Waals surface area contributed by atoms with Crippen LogP contribution in [-0.4, -0.2) is 43.4 Å². The van der Waals surface area contributed by atoms with Crippen molar-refractivity contribution in [3.8, 4) is 0 Å². The zero-order valence-corrected chi connectivity index (χ0v) is 18.7. The van der Waals surface area contributed by atoms with Gasteiger partial charge in [0, 0.05) is 17.2 Å². The molecule has 0 atom stereocenters. The Labute approximate surface area is 190 Å². The maximum Gasteiger partial charge on any atom is 0.335 e. The molecule has 1 aromatic heterocycles. The van der Waals surface area contributed by atoms with Gasteiger partial charge in [0.05, 0.1) is 23.4 Å². The fourth-order valence-electron chi connectivity index (χ4n) is 2.58. The highest BCUT2D eigenvalue weighted by molar-refractivity contribution is 9.10. The summed E-state index contributed by atoms with van der Waals surface area (Å²) in [6, 6.07) is 13.1. The average Bonchev–Trinajstić information content (AvgIpc) is 3.10. The Bertz CT molecular complexity index is 1130. The van der Waals surface area contributed by atoms with Gasteiger partial charge in [0.1, 0.15) is 0 Å². The number of nitrogens with zero attached hydrogens (tertiary/aromatic N) is 3. The van der Waals surface area contributed by atoms with Gasteiger partial charge in [-0.3, -0.25) is 9.59 Å². The lowest BCUT2D eigenvalue weighted by molar-refractivity contribution is -0.113. The van der Waals surface area contributed by atoms with Crippen molar-refractivity contribution in [3.63, 3.8) is 0 Å². The van der Waals surface area contributed by atoms with Crippen LogP contribution in [0.4, 0.5) is 5.69 Å². The van der Waals surface area contributed by atoms with E-state index in [4.69, 9.17) is 5.11 Å². The van der Waals surface area contributed by atoms with E-state index < -0.39 is 5.97 Å². The molecule has 3 rings (SSSR count). The summed E-state index contributed by atoms with van der Waals surface area (Å²) in [7, 11) is 1.75. The molecule has 0 fully saturated rings. The zero-order valence-electron chi connectivity index (χ0n) is 16.3. The highest BCUT2D eigenvalue weighted by Crippen LogP contribution is 2.18. The number of halogens is 1. The van der Waals surface area contributed by atoms with Crippen LogP contribution < -0.4 is 10.6 Å². The van der Waals surface area contributed by atoms with E-state index >= 15 is 0 Å². The van der Waals surface area contributed by atoms with Crippen molar-refractivity contribution >= 4 is 51.2 Å². The lowest BCUT2D eigenvalue weighted by Gasteiger charge is -2.08. The molecule has 2 aromatic carbocycles. The molecule has 31 heavy (non-hydrogen) atoms. The molecule has 0 spiro atoms. The van der Waals surface area contributed by atoms with E-state index in [1.165, 1.54) is 23.9 Å². The van der Waals surface area contributed by atoms with Crippen molar-refractivity contribution in [1.82, 2.24) is 20.1 Å². The van der Waals surface area contributed by atoms with E-state index in [2.05, 4.69) is 36.8 Å². The van der Waals surface area contributed by atoms with Crippen LogP contribution in [0.1, 0.15) is 26.5 Å². The number of thioether (sulfide) groups is 1. The van der Waals surface area contributed by atoms with Crippen molar-refractivity contribution in [1.29, 1.82) is 0 Å². The lowest BCUT2D eigenvalue weighted by atomic mass is 10.2. The fraction of sp³-hybridized carbons (Fsp3) is 0.150. The number of anilines is 1. The summed E-state index contributed by atoms with van der Waals surface area (Å²) in [6.07, 6.45) is 0. The number of aromatic nitrogens is 3. The summed E-state index contributed by atoms with van der Waals surface area (Å²) in [5, 5.41) is 23.1. The summed E-state index contributed by atoms with van der Waals surface area (Å²) in [6.45, 7) is 0.179. The Morgan fingerprint density at radius 3 is 2.65 bits per heavy atom. The summed E-state index contributed by atoms with van der Waals surface area (Å²) in [5.41, 5.74) is 1.01. The number of benzene rings is 2. The third-order valence-electron chi connectivity index (χ3n) is 4.18. The summed E-state index contributed by atoms with van der Waals surface area (Å²) in [4.78, 5) is 35.5. The molecule has 0 bridgehead atoms. The maximum atomic E-state index is 12.3. The standard InChI is InChI=1S/C20H18BrN5O4S/c1-26-16(10-22-18(28)14-7-2-3-8-15(14)21)24-25-20(26)31-11-17(27)23-13-6-4-5-12(9-13)19(29)30/h2-9H,10-11H2,1H3,(H,22,28)(H,23,27)(H,29,30). The van der Waals surface area contributed by atoms with Gasteiger partial charge in [-0.2, -0.15) is 0 Å². The third-order valence-corrected chi connectivity index (χ3v) is 5.89. The number of hydrogen-bond acceptors (Lipinski definition) is 6. The second kappa shape index (κ2) is 10.2. The maximum absolute atomic E-state index is 12.3. The lowest BCUT2D eigenvalue weighted by Crippen LogP contribution is -2.24. The molecule has 0 saturated carbocycles. The van der Waals surface area contributed by atoms with Crippen molar-refractivity contribution in [3.05, 3.63) is 70.0 Å². The highest BCUT2D eigenvalue weighted by atomic mass is 79.9. The number of carbonyl (C=O) groups excluding carboxylic acids is 2. The molecule has 0 radical (unpaired) electrons. The molecule has 3 aromatic rings. The zero-order chi connectivity index (χ0) is 22.4. The van der Waals surface area contributed by atoms with Crippen LogP contribution in [0.2, 0.25) is 0 Å². The van der Waals surface area contributed by atoms with Gasteiger partial charge in [0.25, 0.3) is 5.91 Å².